The lowest BCUT2D eigenvalue weighted by Crippen LogP contribution is -2.27. The summed E-state index contributed by atoms with van der Waals surface area (Å²) in [6.07, 6.45) is 0.928. The highest BCUT2D eigenvalue weighted by Crippen LogP contribution is 2.26. The van der Waals surface area contributed by atoms with Gasteiger partial charge < -0.3 is 4.74 Å². The largest absolute Gasteiger partial charge is 0.472 e. The molecule has 0 aliphatic carbocycles. The summed E-state index contributed by atoms with van der Waals surface area (Å²) in [6.45, 7) is 6.22. The van der Waals surface area contributed by atoms with Gasteiger partial charge in [-0.25, -0.2) is 4.98 Å². The van der Waals surface area contributed by atoms with Crippen LogP contribution in [0.3, 0.4) is 0 Å². The number of pyridine rings is 1. The van der Waals surface area contributed by atoms with Crippen LogP contribution in [0.1, 0.15) is 32.8 Å². The Morgan fingerprint density at radius 1 is 1.28 bits per heavy atom. The molecule has 0 bridgehead atoms. The normalized spacial score (nSPS) is 11.8. The van der Waals surface area contributed by atoms with Gasteiger partial charge in [-0.1, -0.05) is 25.1 Å². The van der Waals surface area contributed by atoms with Crippen LogP contribution in [0.15, 0.2) is 30.3 Å². The second-order valence-electron chi connectivity index (χ2n) is 4.99. The molecular formula is C15H18ClNO. The van der Waals surface area contributed by atoms with E-state index in [0.29, 0.717) is 11.8 Å². The fourth-order valence-corrected chi connectivity index (χ4v) is 1.96. The van der Waals surface area contributed by atoms with Gasteiger partial charge in [0, 0.05) is 17.3 Å². The summed E-state index contributed by atoms with van der Waals surface area (Å²) in [7, 11) is 0. The Kier molecular flexibility index (Phi) is 3.76. The van der Waals surface area contributed by atoms with E-state index in [2.05, 4.69) is 25.8 Å². The molecule has 1 heterocycles. The minimum atomic E-state index is -0.209. The van der Waals surface area contributed by atoms with Crippen molar-refractivity contribution in [2.45, 2.75) is 38.7 Å². The van der Waals surface area contributed by atoms with E-state index in [1.165, 1.54) is 0 Å². The van der Waals surface area contributed by atoms with Gasteiger partial charge in [0.25, 0.3) is 0 Å². The second kappa shape index (κ2) is 5.15. The maximum Gasteiger partial charge on any atom is 0.214 e. The van der Waals surface area contributed by atoms with Crippen molar-refractivity contribution in [1.82, 2.24) is 4.98 Å². The van der Waals surface area contributed by atoms with Crippen molar-refractivity contribution < 1.29 is 4.74 Å². The molecule has 0 aliphatic heterocycles. The summed E-state index contributed by atoms with van der Waals surface area (Å²) >= 11 is 6.00. The van der Waals surface area contributed by atoms with Crippen LogP contribution in [-0.2, 0) is 5.88 Å². The number of hydrogen-bond donors (Lipinski definition) is 0. The quantitative estimate of drug-likeness (QED) is 0.756. The standard InChI is InChI=1S/C15H18ClNO/c1-4-15(2,3)18-14-9-11(10-16)12-7-5-6-8-13(12)17-14/h5-9H,4,10H2,1-3H3. The van der Waals surface area contributed by atoms with Gasteiger partial charge in [-0.2, -0.15) is 0 Å². The molecule has 0 radical (unpaired) electrons. The van der Waals surface area contributed by atoms with Crippen LogP contribution in [0, 0.1) is 0 Å². The fourth-order valence-electron chi connectivity index (χ4n) is 1.74. The van der Waals surface area contributed by atoms with Gasteiger partial charge in [0.2, 0.25) is 5.88 Å². The smallest absolute Gasteiger partial charge is 0.214 e. The number of benzene rings is 1. The SMILES string of the molecule is CCC(C)(C)Oc1cc(CCl)c2ccccc2n1. The van der Waals surface area contributed by atoms with Crippen molar-refractivity contribution in [3.8, 4) is 5.88 Å². The van der Waals surface area contributed by atoms with Gasteiger partial charge in [-0.15, -0.1) is 11.6 Å². The third kappa shape index (κ3) is 2.75. The van der Waals surface area contributed by atoms with Gasteiger partial charge >= 0.3 is 0 Å². The number of alkyl halides is 1. The molecule has 1 aromatic carbocycles. The Morgan fingerprint density at radius 2 is 2.00 bits per heavy atom. The summed E-state index contributed by atoms with van der Waals surface area (Å²) in [5.74, 6) is 1.11. The Labute approximate surface area is 113 Å². The average molecular weight is 264 g/mol. The van der Waals surface area contributed by atoms with Gasteiger partial charge in [-0.3, -0.25) is 0 Å². The van der Waals surface area contributed by atoms with E-state index < -0.39 is 0 Å². The van der Waals surface area contributed by atoms with Crippen molar-refractivity contribution in [1.29, 1.82) is 0 Å². The van der Waals surface area contributed by atoms with Crippen molar-refractivity contribution in [3.05, 3.63) is 35.9 Å². The van der Waals surface area contributed by atoms with E-state index in [1.54, 1.807) is 0 Å². The van der Waals surface area contributed by atoms with E-state index in [1.807, 2.05) is 30.3 Å². The van der Waals surface area contributed by atoms with Crippen molar-refractivity contribution in [3.63, 3.8) is 0 Å². The molecule has 0 fully saturated rings. The molecular weight excluding hydrogens is 246 g/mol. The molecule has 0 unspecified atom stereocenters. The molecule has 1 aromatic heterocycles. The van der Waals surface area contributed by atoms with Crippen LogP contribution in [0.4, 0.5) is 0 Å². The maximum absolute atomic E-state index is 6.00. The fraction of sp³-hybridized carbons (Fsp3) is 0.400. The summed E-state index contributed by atoms with van der Waals surface area (Å²) in [6, 6.07) is 9.93. The summed E-state index contributed by atoms with van der Waals surface area (Å²) in [5, 5.41) is 1.09. The Morgan fingerprint density at radius 3 is 2.67 bits per heavy atom. The molecule has 0 N–H and O–H groups in total. The minimum Gasteiger partial charge on any atom is -0.472 e. The number of hydrogen-bond acceptors (Lipinski definition) is 2. The average Bonchev–Trinajstić information content (AvgIpc) is 2.37. The number of ether oxygens (including phenoxy) is 1. The highest BCUT2D eigenvalue weighted by molar-refractivity contribution is 6.18. The first kappa shape index (κ1) is 13.2. The number of fused-ring (bicyclic) bond motifs is 1. The van der Waals surface area contributed by atoms with Crippen molar-refractivity contribution in [2.24, 2.45) is 0 Å². The first-order valence-corrected chi connectivity index (χ1v) is 6.73. The molecule has 0 saturated heterocycles. The third-order valence-electron chi connectivity index (χ3n) is 3.15. The lowest BCUT2D eigenvalue weighted by atomic mass is 10.1. The van der Waals surface area contributed by atoms with Crippen LogP contribution in [-0.4, -0.2) is 10.6 Å². The van der Waals surface area contributed by atoms with E-state index in [0.717, 1.165) is 22.9 Å². The van der Waals surface area contributed by atoms with E-state index in [-0.39, 0.29) is 5.60 Å². The number of halogens is 1. The van der Waals surface area contributed by atoms with Gasteiger partial charge in [0.05, 0.1) is 5.52 Å². The van der Waals surface area contributed by atoms with Crippen LogP contribution in [0.25, 0.3) is 10.9 Å². The third-order valence-corrected chi connectivity index (χ3v) is 3.44. The summed E-state index contributed by atoms with van der Waals surface area (Å²) in [5.41, 5.74) is 1.78. The van der Waals surface area contributed by atoms with E-state index in [9.17, 15) is 0 Å². The summed E-state index contributed by atoms with van der Waals surface area (Å²) < 4.78 is 5.93. The topological polar surface area (TPSA) is 22.1 Å². The van der Waals surface area contributed by atoms with E-state index in [4.69, 9.17) is 16.3 Å². The Bertz CT molecular complexity index is 551. The molecule has 0 aliphatic rings. The Balaban J connectivity index is 2.47. The monoisotopic (exact) mass is 263 g/mol. The highest BCUT2D eigenvalue weighted by atomic mass is 35.5. The van der Waals surface area contributed by atoms with E-state index >= 15 is 0 Å². The predicted molar refractivity (Wildman–Crippen MR) is 76.3 cm³/mol. The number of aromatic nitrogens is 1. The molecule has 0 saturated carbocycles. The first-order valence-electron chi connectivity index (χ1n) is 6.19. The first-order chi connectivity index (χ1) is 8.55. The van der Waals surface area contributed by atoms with Gasteiger partial charge in [0.15, 0.2) is 0 Å². The van der Waals surface area contributed by atoms with Crippen molar-refractivity contribution >= 4 is 22.5 Å². The highest BCUT2D eigenvalue weighted by Gasteiger charge is 2.18. The molecule has 18 heavy (non-hydrogen) atoms. The molecule has 0 atom stereocenters. The zero-order chi connectivity index (χ0) is 13.2. The minimum absolute atomic E-state index is 0.209. The van der Waals surface area contributed by atoms with Crippen LogP contribution in [0.5, 0.6) is 5.88 Å². The lowest BCUT2D eigenvalue weighted by molar-refractivity contribution is 0.0994. The zero-order valence-electron chi connectivity index (χ0n) is 11.0. The number of rotatable bonds is 4. The van der Waals surface area contributed by atoms with Crippen LogP contribution >= 0.6 is 11.6 Å². The molecule has 96 valence electrons. The Hall–Kier alpha value is -1.28. The molecule has 2 rings (SSSR count). The van der Waals surface area contributed by atoms with Gasteiger partial charge in [-0.05, 0) is 31.9 Å². The predicted octanol–water partition coefficient (Wildman–Crippen LogP) is 4.54. The molecule has 3 heteroatoms. The molecule has 2 aromatic rings. The maximum atomic E-state index is 6.00. The van der Waals surface area contributed by atoms with Gasteiger partial charge in [0.1, 0.15) is 5.60 Å². The molecule has 0 spiro atoms. The lowest BCUT2D eigenvalue weighted by Gasteiger charge is -2.24. The molecule has 0 amide bonds. The van der Waals surface area contributed by atoms with Crippen molar-refractivity contribution in [2.75, 3.05) is 0 Å². The molecule has 2 nitrogen and oxygen atoms in total. The number of para-hydroxylation sites is 1. The number of nitrogens with zero attached hydrogens (tertiary/aromatic N) is 1. The zero-order valence-corrected chi connectivity index (χ0v) is 11.8. The van der Waals surface area contributed by atoms with Crippen LogP contribution in [0.2, 0.25) is 0 Å². The second-order valence-corrected chi connectivity index (χ2v) is 5.25. The van der Waals surface area contributed by atoms with Crippen LogP contribution < -0.4 is 4.74 Å². The summed E-state index contributed by atoms with van der Waals surface area (Å²) in [4.78, 5) is 4.54.